The van der Waals surface area contributed by atoms with Crippen LogP contribution in [0, 0.1) is 0 Å². The first-order valence-electron chi connectivity index (χ1n) is 5.59. The van der Waals surface area contributed by atoms with Crippen LogP contribution in [0.5, 0.6) is 0 Å². The summed E-state index contributed by atoms with van der Waals surface area (Å²) in [5.74, 6) is -0.248. The van der Waals surface area contributed by atoms with Gasteiger partial charge in [-0.25, -0.2) is 12.7 Å². The highest BCUT2D eigenvalue weighted by molar-refractivity contribution is 7.92. The summed E-state index contributed by atoms with van der Waals surface area (Å²) in [6.45, 7) is 0.505. The van der Waals surface area contributed by atoms with Crippen molar-refractivity contribution in [2.75, 3.05) is 33.4 Å². The van der Waals surface area contributed by atoms with Gasteiger partial charge in [0.1, 0.15) is 5.75 Å². The summed E-state index contributed by atoms with van der Waals surface area (Å²) in [6, 6.07) is 0. The van der Waals surface area contributed by atoms with Gasteiger partial charge in [-0.3, -0.25) is 0 Å². The third kappa shape index (κ3) is 3.37. The maximum atomic E-state index is 11.9. The van der Waals surface area contributed by atoms with Crippen molar-refractivity contribution in [3.63, 3.8) is 0 Å². The number of sulfonamides is 1. The summed E-state index contributed by atoms with van der Waals surface area (Å²) in [5, 5.41) is 0. The van der Waals surface area contributed by atoms with Gasteiger partial charge in [-0.15, -0.1) is 0 Å². The zero-order chi connectivity index (χ0) is 13.3. The van der Waals surface area contributed by atoms with Crippen LogP contribution in [0.1, 0.15) is 19.3 Å². The van der Waals surface area contributed by atoms with Crippen LogP contribution in [-0.4, -0.2) is 61.6 Å². The number of hydrogen-bond donors (Lipinski definition) is 1. The molecule has 0 aromatic heterocycles. The van der Waals surface area contributed by atoms with Crippen molar-refractivity contribution in [2.45, 2.75) is 24.8 Å². The smallest absolute Gasteiger partial charge is 0.220 e. The Morgan fingerprint density at radius 1 is 1.35 bits per heavy atom. The molecule has 0 saturated heterocycles. The molecular weight excluding hydrogens is 258 g/mol. The van der Waals surface area contributed by atoms with E-state index in [2.05, 4.69) is 17.1 Å². The molecule has 1 fully saturated rings. The summed E-state index contributed by atoms with van der Waals surface area (Å²) in [4.78, 5) is 2.13. The number of nitrogens with zero attached hydrogens (tertiary/aromatic N) is 2. The summed E-state index contributed by atoms with van der Waals surface area (Å²) in [7, 11) is 2.22. The molecule has 7 heteroatoms. The van der Waals surface area contributed by atoms with Gasteiger partial charge in [-0.05, 0) is 33.4 Å². The van der Waals surface area contributed by atoms with Crippen LogP contribution < -0.4 is 5.73 Å². The standard InChI is InChI=1S/C10H21N3O2S2/c1-12(2)10(5-4-6-10)8-13(3)17(14,15)7-9(11)16/h4-8H2,1-3H3,(H2,11,16). The van der Waals surface area contributed by atoms with E-state index in [4.69, 9.17) is 5.73 Å². The third-order valence-electron chi connectivity index (χ3n) is 3.55. The zero-order valence-corrected chi connectivity index (χ0v) is 12.3. The van der Waals surface area contributed by atoms with Crippen molar-refractivity contribution in [1.82, 2.24) is 9.21 Å². The van der Waals surface area contributed by atoms with E-state index >= 15 is 0 Å². The lowest BCUT2D eigenvalue weighted by molar-refractivity contribution is 0.0456. The fourth-order valence-electron chi connectivity index (χ4n) is 2.13. The van der Waals surface area contributed by atoms with E-state index in [-0.39, 0.29) is 16.3 Å². The number of likely N-dealkylation sites (N-methyl/N-ethyl adjacent to an activating group) is 2. The van der Waals surface area contributed by atoms with E-state index in [1.165, 1.54) is 4.31 Å². The fourth-order valence-corrected chi connectivity index (χ4v) is 3.60. The molecule has 1 aliphatic carbocycles. The molecule has 5 nitrogen and oxygen atoms in total. The Morgan fingerprint density at radius 2 is 1.88 bits per heavy atom. The first-order valence-corrected chi connectivity index (χ1v) is 7.61. The van der Waals surface area contributed by atoms with Gasteiger partial charge in [0.15, 0.2) is 0 Å². The van der Waals surface area contributed by atoms with Crippen LogP contribution in [0.15, 0.2) is 0 Å². The van der Waals surface area contributed by atoms with Crippen LogP contribution >= 0.6 is 12.2 Å². The molecule has 17 heavy (non-hydrogen) atoms. The maximum absolute atomic E-state index is 11.9. The van der Waals surface area contributed by atoms with E-state index in [9.17, 15) is 8.42 Å². The molecule has 0 heterocycles. The Balaban J connectivity index is 2.71. The van der Waals surface area contributed by atoms with Crippen molar-refractivity contribution in [2.24, 2.45) is 5.73 Å². The second kappa shape index (κ2) is 5.17. The molecule has 0 aromatic rings. The van der Waals surface area contributed by atoms with Gasteiger partial charge in [-0.2, -0.15) is 0 Å². The van der Waals surface area contributed by atoms with Gasteiger partial charge < -0.3 is 10.6 Å². The van der Waals surface area contributed by atoms with Crippen LogP contribution in [-0.2, 0) is 10.0 Å². The van der Waals surface area contributed by atoms with Crippen molar-refractivity contribution >= 4 is 27.2 Å². The summed E-state index contributed by atoms with van der Waals surface area (Å²) < 4.78 is 25.2. The second-order valence-corrected chi connectivity index (χ2v) is 7.55. The minimum absolute atomic E-state index is 0.0158. The van der Waals surface area contributed by atoms with Gasteiger partial charge in [0, 0.05) is 19.1 Å². The van der Waals surface area contributed by atoms with Crippen molar-refractivity contribution < 1.29 is 8.42 Å². The Bertz CT molecular complexity index is 388. The van der Waals surface area contributed by atoms with E-state index in [1.807, 2.05) is 14.1 Å². The molecule has 0 unspecified atom stereocenters. The number of rotatable bonds is 6. The van der Waals surface area contributed by atoms with E-state index < -0.39 is 10.0 Å². The lowest BCUT2D eigenvalue weighted by Gasteiger charge is -2.48. The Morgan fingerprint density at radius 3 is 2.18 bits per heavy atom. The van der Waals surface area contributed by atoms with Gasteiger partial charge in [0.25, 0.3) is 0 Å². The Kier molecular flexibility index (Phi) is 4.51. The Hall–Kier alpha value is -0.240. The quantitative estimate of drug-likeness (QED) is 0.694. The minimum atomic E-state index is -3.36. The van der Waals surface area contributed by atoms with E-state index in [0.29, 0.717) is 6.54 Å². The highest BCUT2D eigenvalue weighted by atomic mass is 32.2. The second-order valence-electron chi connectivity index (χ2n) is 4.95. The van der Waals surface area contributed by atoms with Gasteiger partial charge in [-0.1, -0.05) is 12.2 Å². The molecule has 1 saturated carbocycles. The molecule has 0 radical (unpaired) electrons. The van der Waals surface area contributed by atoms with E-state index in [0.717, 1.165) is 19.3 Å². The molecule has 1 aliphatic rings. The number of hydrogen-bond acceptors (Lipinski definition) is 4. The number of nitrogens with two attached hydrogens (primary N) is 1. The minimum Gasteiger partial charge on any atom is -0.392 e. The van der Waals surface area contributed by atoms with Crippen LogP contribution in [0.2, 0.25) is 0 Å². The van der Waals surface area contributed by atoms with E-state index in [1.54, 1.807) is 7.05 Å². The third-order valence-corrected chi connectivity index (χ3v) is 5.63. The molecule has 2 N–H and O–H groups in total. The molecule has 100 valence electrons. The van der Waals surface area contributed by atoms with Crippen molar-refractivity contribution in [3.05, 3.63) is 0 Å². The molecular formula is C10H21N3O2S2. The fraction of sp³-hybridized carbons (Fsp3) is 0.900. The molecule has 0 spiro atoms. The molecule has 0 aromatic carbocycles. The van der Waals surface area contributed by atoms with Crippen molar-refractivity contribution in [3.8, 4) is 0 Å². The largest absolute Gasteiger partial charge is 0.392 e. The monoisotopic (exact) mass is 279 g/mol. The highest BCUT2D eigenvalue weighted by Crippen LogP contribution is 2.37. The zero-order valence-electron chi connectivity index (χ0n) is 10.6. The normalized spacial score (nSPS) is 19.4. The summed E-state index contributed by atoms with van der Waals surface area (Å²) in [6.07, 6.45) is 3.22. The van der Waals surface area contributed by atoms with Gasteiger partial charge in [0.2, 0.25) is 10.0 Å². The van der Waals surface area contributed by atoms with Gasteiger partial charge >= 0.3 is 0 Å². The highest BCUT2D eigenvalue weighted by Gasteiger charge is 2.41. The molecule has 0 amide bonds. The van der Waals surface area contributed by atoms with Gasteiger partial charge in [0.05, 0.1) is 4.99 Å². The first-order chi connectivity index (χ1) is 7.69. The average molecular weight is 279 g/mol. The topological polar surface area (TPSA) is 66.6 Å². The maximum Gasteiger partial charge on any atom is 0.220 e. The first kappa shape index (κ1) is 14.8. The van der Waals surface area contributed by atoms with Crippen LogP contribution in [0.25, 0.3) is 0 Å². The number of thiocarbonyl (C=S) groups is 1. The van der Waals surface area contributed by atoms with Crippen LogP contribution in [0.4, 0.5) is 0 Å². The lowest BCUT2D eigenvalue weighted by atomic mass is 9.75. The lowest BCUT2D eigenvalue weighted by Crippen LogP contribution is -2.57. The predicted molar refractivity (Wildman–Crippen MR) is 73.5 cm³/mol. The predicted octanol–water partition coefficient (Wildman–Crippen LogP) is 0.0184. The average Bonchev–Trinajstić information content (AvgIpc) is 2.07. The molecule has 1 rings (SSSR count). The summed E-state index contributed by atoms with van der Waals surface area (Å²) >= 11 is 4.66. The van der Waals surface area contributed by atoms with Crippen molar-refractivity contribution in [1.29, 1.82) is 0 Å². The summed E-state index contributed by atoms with van der Waals surface area (Å²) in [5.41, 5.74) is 5.29. The Labute approximate surface area is 109 Å². The SMILES string of the molecule is CN(C)C1(CN(C)S(=O)(=O)CC(N)=S)CCC1. The molecule has 0 atom stereocenters. The molecule has 0 bridgehead atoms. The van der Waals surface area contributed by atoms with Crippen LogP contribution in [0.3, 0.4) is 0 Å². The molecule has 0 aliphatic heterocycles.